The molecular formula is C23H22ClFN4O2S. The predicted molar refractivity (Wildman–Crippen MR) is 125 cm³/mol. The summed E-state index contributed by atoms with van der Waals surface area (Å²) in [5.41, 5.74) is 2.77. The summed E-state index contributed by atoms with van der Waals surface area (Å²) in [7, 11) is 1.60. The van der Waals surface area contributed by atoms with Gasteiger partial charge in [0.05, 0.1) is 19.3 Å². The van der Waals surface area contributed by atoms with E-state index in [4.69, 9.17) is 21.3 Å². The average Bonchev–Trinajstić information content (AvgIpc) is 3.11. The third-order valence-electron chi connectivity index (χ3n) is 5.16. The van der Waals surface area contributed by atoms with E-state index in [1.54, 1.807) is 28.5 Å². The number of thioether (sulfide) groups is 1. The molecule has 4 rings (SSSR count). The number of methoxy groups -OCH3 is 1. The SMILES string of the molecule is CCn1nc(C)c2nc(SCc3c(F)cccc3Cl)n(Cc3cccc(OC)c3)c(=O)c21. The highest BCUT2D eigenvalue weighted by Gasteiger charge is 2.19. The molecule has 0 unspecified atom stereocenters. The molecule has 4 aromatic rings. The monoisotopic (exact) mass is 472 g/mol. The summed E-state index contributed by atoms with van der Waals surface area (Å²) in [5.74, 6) is 0.553. The molecule has 0 spiro atoms. The van der Waals surface area contributed by atoms with Crippen LogP contribution in [0, 0.1) is 12.7 Å². The van der Waals surface area contributed by atoms with E-state index >= 15 is 0 Å². The molecule has 6 nitrogen and oxygen atoms in total. The largest absolute Gasteiger partial charge is 0.497 e. The van der Waals surface area contributed by atoms with Crippen LogP contribution in [0.15, 0.2) is 52.4 Å². The van der Waals surface area contributed by atoms with E-state index in [0.717, 1.165) is 5.56 Å². The molecule has 0 aliphatic carbocycles. The lowest BCUT2D eigenvalue weighted by Crippen LogP contribution is -2.25. The highest BCUT2D eigenvalue weighted by molar-refractivity contribution is 7.98. The number of ether oxygens (including phenoxy) is 1. The zero-order chi connectivity index (χ0) is 22.8. The van der Waals surface area contributed by atoms with Gasteiger partial charge in [0.25, 0.3) is 5.56 Å². The Bertz CT molecular complexity index is 1330. The fourth-order valence-electron chi connectivity index (χ4n) is 3.53. The molecule has 2 aromatic carbocycles. The van der Waals surface area contributed by atoms with Crippen molar-refractivity contribution in [2.24, 2.45) is 0 Å². The molecule has 0 saturated carbocycles. The second-order valence-electron chi connectivity index (χ2n) is 7.22. The third kappa shape index (κ3) is 4.25. The van der Waals surface area contributed by atoms with Gasteiger partial charge in [-0.1, -0.05) is 41.6 Å². The summed E-state index contributed by atoms with van der Waals surface area (Å²) >= 11 is 7.47. The van der Waals surface area contributed by atoms with Crippen molar-refractivity contribution < 1.29 is 9.13 Å². The maximum Gasteiger partial charge on any atom is 0.280 e. The number of nitrogens with zero attached hydrogens (tertiary/aromatic N) is 4. The summed E-state index contributed by atoms with van der Waals surface area (Å²) in [6.07, 6.45) is 0. The molecular weight excluding hydrogens is 451 g/mol. The van der Waals surface area contributed by atoms with Gasteiger partial charge in [0.15, 0.2) is 10.7 Å². The van der Waals surface area contributed by atoms with Crippen molar-refractivity contribution in [3.8, 4) is 5.75 Å². The second kappa shape index (κ2) is 9.34. The first-order chi connectivity index (χ1) is 15.4. The molecule has 0 atom stereocenters. The van der Waals surface area contributed by atoms with Crippen molar-refractivity contribution in [3.05, 3.63) is 80.5 Å². The zero-order valence-corrected chi connectivity index (χ0v) is 19.5. The Hall–Kier alpha value is -2.84. The molecule has 0 saturated heterocycles. The Balaban J connectivity index is 1.83. The minimum Gasteiger partial charge on any atom is -0.497 e. The molecule has 0 radical (unpaired) electrons. The van der Waals surface area contributed by atoms with Crippen molar-refractivity contribution in [1.29, 1.82) is 0 Å². The van der Waals surface area contributed by atoms with E-state index in [1.807, 2.05) is 38.1 Å². The number of rotatable bonds is 7. The number of benzene rings is 2. The van der Waals surface area contributed by atoms with Crippen molar-refractivity contribution in [2.75, 3.05) is 7.11 Å². The van der Waals surface area contributed by atoms with Gasteiger partial charge >= 0.3 is 0 Å². The predicted octanol–water partition coefficient (Wildman–Crippen LogP) is 5.06. The van der Waals surface area contributed by atoms with Gasteiger partial charge in [0.1, 0.15) is 17.1 Å². The normalized spacial score (nSPS) is 11.3. The van der Waals surface area contributed by atoms with Crippen LogP contribution in [-0.2, 0) is 18.8 Å². The molecule has 0 aliphatic heterocycles. The van der Waals surface area contributed by atoms with E-state index in [9.17, 15) is 9.18 Å². The summed E-state index contributed by atoms with van der Waals surface area (Å²) in [5, 5.41) is 5.28. The first kappa shape index (κ1) is 22.4. The highest BCUT2D eigenvalue weighted by Crippen LogP contribution is 2.29. The van der Waals surface area contributed by atoms with E-state index in [1.165, 1.54) is 17.8 Å². The van der Waals surface area contributed by atoms with Gasteiger partial charge < -0.3 is 4.74 Å². The van der Waals surface area contributed by atoms with Gasteiger partial charge in [-0.2, -0.15) is 5.10 Å². The number of hydrogen-bond acceptors (Lipinski definition) is 5. The minimum atomic E-state index is -0.386. The summed E-state index contributed by atoms with van der Waals surface area (Å²) in [6, 6.07) is 12.1. The van der Waals surface area contributed by atoms with Crippen LogP contribution in [0.25, 0.3) is 11.0 Å². The Labute approximate surface area is 194 Å². The maximum atomic E-state index is 14.3. The Kier molecular flexibility index (Phi) is 6.53. The third-order valence-corrected chi connectivity index (χ3v) is 6.52. The average molecular weight is 473 g/mol. The van der Waals surface area contributed by atoms with Gasteiger partial charge in [0.2, 0.25) is 0 Å². The van der Waals surface area contributed by atoms with Crippen LogP contribution in [0.4, 0.5) is 4.39 Å². The topological polar surface area (TPSA) is 61.9 Å². The van der Waals surface area contributed by atoms with Crippen LogP contribution in [-0.4, -0.2) is 26.4 Å². The van der Waals surface area contributed by atoms with E-state index < -0.39 is 0 Å². The van der Waals surface area contributed by atoms with Crippen molar-refractivity contribution in [3.63, 3.8) is 0 Å². The molecule has 0 N–H and O–H groups in total. The van der Waals surface area contributed by atoms with Crippen LogP contribution in [0.2, 0.25) is 5.02 Å². The number of aromatic nitrogens is 4. The molecule has 0 bridgehead atoms. The van der Waals surface area contributed by atoms with E-state index in [0.29, 0.717) is 51.3 Å². The Morgan fingerprint density at radius 2 is 2.00 bits per heavy atom. The fraction of sp³-hybridized carbons (Fsp3) is 0.261. The first-order valence-corrected chi connectivity index (χ1v) is 11.5. The molecule has 9 heteroatoms. The lowest BCUT2D eigenvalue weighted by atomic mass is 10.2. The summed E-state index contributed by atoms with van der Waals surface area (Å²) in [6.45, 7) is 4.61. The zero-order valence-electron chi connectivity index (χ0n) is 17.9. The van der Waals surface area contributed by atoms with Gasteiger partial charge in [0, 0.05) is 22.9 Å². The summed E-state index contributed by atoms with van der Waals surface area (Å²) in [4.78, 5) is 18.3. The lowest BCUT2D eigenvalue weighted by molar-refractivity contribution is 0.414. The minimum absolute atomic E-state index is 0.192. The van der Waals surface area contributed by atoms with E-state index in [2.05, 4.69) is 5.10 Å². The Morgan fingerprint density at radius 3 is 2.72 bits per heavy atom. The quantitative estimate of drug-likeness (QED) is 0.278. The molecule has 32 heavy (non-hydrogen) atoms. The van der Waals surface area contributed by atoms with E-state index in [-0.39, 0.29) is 17.1 Å². The van der Waals surface area contributed by atoms with Crippen LogP contribution in [0.5, 0.6) is 5.75 Å². The van der Waals surface area contributed by atoms with Crippen molar-refractivity contribution in [2.45, 2.75) is 37.8 Å². The standard InChI is InChI=1S/C23H22ClFN4O2S/c1-4-29-21-20(14(2)27-29)26-23(32-13-17-18(24)9-6-10-19(17)25)28(22(21)30)12-15-7-5-8-16(11-15)31-3/h5-11H,4,12-13H2,1-3H3. The number of aryl methyl sites for hydroxylation is 2. The van der Waals surface area contributed by atoms with Gasteiger partial charge in [-0.05, 0) is 43.7 Å². The van der Waals surface area contributed by atoms with Gasteiger partial charge in [-0.25, -0.2) is 9.37 Å². The molecule has 0 amide bonds. The molecule has 0 fully saturated rings. The van der Waals surface area contributed by atoms with Crippen LogP contribution in [0.1, 0.15) is 23.7 Å². The lowest BCUT2D eigenvalue weighted by Gasteiger charge is -2.14. The first-order valence-electron chi connectivity index (χ1n) is 10.1. The fourth-order valence-corrected chi connectivity index (χ4v) is 4.86. The van der Waals surface area contributed by atoms with Crippen molar-refractivity contribution in [1.82, 2.24) is 19.3 Å². The van der Waals surface area contributed by atoms with Crippen LogP contribution < -0.4 is 10.3 Å². The Morgan fingerprint density at radius 1 is 1.22 bits per heavy atom. The molecule has 166 valence electrons. The number of halogens is 2. The maximum absolute atomic E-state index is 14.3. The second-order valence-corrected chi connectivity index (χ2v) is 8.57. The smallest absolute Gasteiger partial charge is 0.280 e. The number of hydrogen-bond donors (Lipinski definition) is 0. The highest BCUT2D eigenvalue weighted by atomic mass is 35.5. The number of fused-ring (bicyclic) bond motifs is 1. The molecule has 0 aliphatic rings. The molecule has 2 aromatic heterocycles. The van der Waals surface area contributed by atoms with Crippen molar-refractivity contribution >= 4 is 34.4 Å². The van der Waals surface area contributed by atoms with Crippen LogP contribution >= 0.6 is 23.4 Å². The summed E-state index contributed by atoms with van der Waals surface area (Å²) < 4.78 is 22.9. The van der Waals surface area contributed by atoms with Crippen LogP contribution in [0.3, 0.4) is 0 Å². The van der Waals surface area contributed by atoms with Gasteiger partial charge in [-0.3, -0.25) is 14.0 Å². The molecule has 2 heterocycles. The van der Waals surface area contributed by atoms with Gasteiger partial charge in [-0.15, -0.1) is 0 Å².